The molecule has 3 fully saturated rings. The Kier molecular flexibility index (Phi) is 3.56. The van der Waals surface area contributed by atoms with E-state index in [2.05, 4.69) is 11.4 Å². The van der Waals surface area contributed by atoms with Crippen LogP contribution in [0.3, 0.4) is 0 Å². The lowest BCUT2D eigenvalue weighted by Crippen LogP contribution is -2.43. The average Bonchev–Trinajstić information content (AvgIpc) is 2.91. The summed E-state index contributed by atoms with van der Waals surface area (Å²) in [5.74, 6) is 0.568. The fourth-order valence-corrected chi connectivity index (χ4v) is 3.01. The fraction of sp³-hybridized carbons (Fsp3) is 0.929. The van der Waals surface area contributed by atoms with Crippen LogP contribution in [-0.4, -0.2) is 37.5 Å². The highest BCUT2D eigenvalue weighted by Crippen LogP contribution is 2.35. The van der Waals surface area contributed by atoms with Gasteiger partial charge in [-0.15, -0.1) is 0 Å². The summed E-state index contributed by atoms with van der Waals surface area (Å²) in [6, 6.07) is 3.08. The van der Waals surface area contributed by atoms with E-state index in [0.717, 1.165) is 45.5 Å². The third kappa shape index (κ3) is 2.85. The molecule has 0 radical (unpaired) electrons. The Balaban J connectivity index is 1.45. The zero-order chi connectivity index (χ0) is 12.4. The predicted octanol–water partition coefficient (Wildman–Crippen LogP) is 1.61. The molecule has 0 spiro atoms. The zero-order valence-electron chi connectivity index (χ0n) is 10.9. The first-order valence-corrected chi connectivity index (χ1v) is 7.18. The zero-order valence-corrected chi connectivity index (χ0v) is 10.9. The van der Waals surface area contributed by atoms with E-state index in [1.807, 2.05) is 0 Å². The normalized spacial score (nSPS) is 39.9. The lowest BCUT2D eigenvalue weighted by molar-refractivity contribution is 0.0275. The van der Waals surface area contributed by atoms with Crippen LogP contribution in [0.2, 0.25) is 0 Å². The Morgan fingerprint density at radius 2 is 2.22 bits per heavy atom. The fourth-order valence-electron chi connectivity index (χ4n) is 3.01. The van der Waals surface area contributed by atoms with Gasteiger partial charge in [0.15, 0.2) is 0 Å². The van der Waals surface area contributed by atoms with Crippen LogP contribution in [-0.2, 0) is 9.47 Å². The summed E-state index contributed by atoms with van der Waals surface area (Å²) in [5.41, 5.74) is -0.308. The standard InChI is InChI=1S/C14H22N2O2/c15-10-14(16-12-1-2-12)5-3-13(7-14)18-9-11-4-6-17-8-11/h11-13,16H,1-9H2. The maximum atomic E-state index is 9.40. The minimum Gasteiger partial charge on any atom is -0.381 e. The Labute approximate surface area is 109 Å². The molecule has 2 aliphatic carbocycles. The molecule has 0 bridgehead atoms. The molecule has 0 aromatic heterocycles. The molecule has 18 heavy (non-hydrogen) atoms. The third-order valence-electron chi connectivity index (χ3n) is 4.33. The first-order chi connectivity index (χ1) is 8.80. The minimum absolute atomic E-state index is 0.261. The average molecular weight is 250 g/mol. The second-order valence-electron chi connectivity index (χ2n) is 6.04. The van der Waals surface area contributed by atoms with E-state index in [4.69, 9.17) is 9.47 Å². The van der Waals surface area contributed by atoms with Gasteiger partial charge in [0.2, 0.25) is 0 Å². The van der Waals surface area contributed by atoms with Crippen LogP contribution in [0.4, 0.5) is 0 Å². The van der Waals surface area contributed by atoms with Crippen molar-refractivity contribution in [2.75, 3.05) is 19.8 Å². The lowest BCUT2D eigenvalue weighted by Gasteiger charge is -2.23. The molecule has 1 heterocycles. The Morgan fingerprint density at radius 1 is 1.33 bits per heavy atom. The van der Waals surface area contributed by atoms with Gasteiger partial charge < -0.3 is 9.47 Å². The number of nitrogens with zero attached hydrogens (tertiary/aromatic N) is 1. The van der Waals surface area contributed by atoms with Crippen LogP contribution < -0.4 is 5.32 Å². The second-order valence-corrected chi connectivity index (χ2v) is 6.04. The molecule has 1 aliphatic heterocycles. The highest BCUT2D eigenvalue weighted by Gasteiger charge is 2.43. The van der Waals surface area contributed by atoms with Gasteiger partial charge in [-0.2, -0.15) is 5.26 Å². The third-order valence-corrected chi connectivity index (χ3v) is 4.33. The Morgan fingerprint density at radius 3 is 2.89 bits per heavy atom. The summed E-state index contributed by atoms with van der Waals surface area (Å²) in [6.45, 7) is 2.52. The molecule has 4 heteroatoms. The highest BCUT2D eigenvalue weighted by atomic mass is 16.5. The maximum Gasteiger partial charge on any atom is 0.109 e. The molecule has 3 aliphatic rings. The van der Waals surface area contributed by atoms with Crippen molar-refractivity contribution in [2.45, 2.75) is 56.2 Å². The quantitative estimate of drug-likeness (QED) is 0.805. The molecule has 1 saturated heterocycles. The summed E-state index contributed by atoms with van der Waals surface area (Å²) in [4.78, 5) is 0. The number of nitrogens with one attached hydrogen (secondary N) is 1. The van der Waals surface area contributed by atoms with Crippen LogP contribution >= 0.6 is 0 Å². The van der Waals surface area contributed by atoms with Gasteiger partial charge in [-0.3, -0.25) is 5.32 Å². The molecule has 2 saturated carbocycles. The van der Waals surface area contributed by atoms with Crippen LogP contribution in [0.15, 0.2) is 0 Å². The van der Waals surface area contributed by atoms with E-state index in [-0.39, 0.29) is 11.6 Å². The summed E-state index contributed by atoms with van der Waals surface area (Å²) < 4.78 is 11.3. The molecule has 3 atom stereocenters. The van der Waals surface area contributed by atoms with E-state index < -0.39 is 0 Å². The maximum absolute atomic E-state index is 9.40. The Hall–Kier alpha value is -0.630. The predicted molar refractivity (Wildman–Crippen MR) is 67.0 cm³/mol. The van der Waals surface area contributed by atoms with E-state index in [0.29, 0.717) is 12.0 Å². The van der Waals surface area contributed by atoms with E-state index in [1.165, 1.54) is 12.8 Å². The highest BCUT2D eigenvalue weighted by molar-refractivity contribution is 5.14. The number of ether oxygens (including phenoxy) is 2. The monoisotopic (exact) mass is 250 g/mol. The van der Waals surface area contributed by atoms with Gasteiger partial charge in [0, 0.05) is 25.0 Å². The van der Waals surface area contributed by atoms with Gasteiger partial charge in [-0.25, -0.2) is 0 Å². The second kappa shape index (κ2) is 5.16. The minimum atomic E-state index is -0.308. The van der Waals surface area contributed by atoms with Gasteiger partial charge in [-0.05, 0) is 32.1 Å². The molecular weight excluding hydrogens is 228 g/mol. The molecule has 100 valence electrons. The van der Waals surface area contributed by atoms with Gasteiger partial charge in [0.25, 0.3) is 0 Å². The molecule has 3 rings (SSSR count). The van der Waals surface area contributed by atoms with E-state index >= 15 is 0 Å². The summed E-state index contributed by atoms with van der Waals surface area (Å²) in [6.07, 6.45) is 6.65. The van der Waals surface area contributed by atoms with E-state index in [9.17, 15) is 5.26 Å². The molecule has 0 aromatic carbocycles. The van der Waals surface area contributed by atoms with Crippen molar-refractivity contribution in [2.24, 2.45) is 5.92 Å². The molecule has 0 aromatic rings. The van der Waals surface area contributed by atoms with Gasteiger partial charge in [-0.1, -0.05) is 0 Å². The van der Waals surface area contributed by atoms with Crippen molar-refractivity contribution >= 4 is 0 Å². The van der Waals surface area contributed by atoms with Crippen molar-refractivity contribution in [1.29, 1.82) is 5.26 Å². The van der Waals surface area contributed by atoms with E-state index in [1.54, 1.807) is 0 Å². The smallest absolute Gasteiger partial charge is 0.109 e. The van der Waals surface area contributed by atoms with Crippen LogP contribution in [0.1, 0.15) is 38.5 Å². The molecule has 1 N–H and O–H groups in total. The topological polar surface area (TPSA) is 54.3 Å². The van der Waals surface area contributed by atoms with Crippen LogP contribution in [0, 0.1) is 17.2 Å². The summed E-state index contributed by atoms with van der Waals surface area (Å²) in [5, 5.41) is 12.9. The van der Waals surface area contributed by atoms with Crippen molar-refractivity contribution in [3.8, 4) is 6.07 Å². The SMILES string of the molecule is N#CC1(NC2CC2)CCC(OCC2CCOC2)C1. The molecular formula is C14H22N2O2. The largest absolute Gasteiger partial charge is 0.381 e. The van der Waals surface area contributed by atoms with Crippen molar-refractivity contribution in [3.63, 3.8) is 0 Å². The molecule has 4 nitrogen and oxygen atoms in total. The Bertz CT molecular complexity index is 331. The summed E-state index contributed by atoms with van der Waals surface area (Å²) >= 11 is 0. The molecule has 0 amide bonds. The first kappa shape index (κ1) is 12.4. The lowest BCUT2D eigenvalue weighted by atomic mass is 9.99. The van der Waals surface area contributed by atoms with Crippen molar-refractivity contribution in [3.05, 3.63) is 0 Å². The number of hydrogen-bond acceptors (Lipinski definition) is 4. The van der Waals surface area contributed by atoms with Gasteiger partial charge in [0.1, 0.15) is 5.54 Å². The van der Waals surface area contributed by atoms with Gasteiger partial charge in [0.05, 0.1) is 25.4 Å². The first-order valence-electron chi connectivity index (χ1n) is 7.18. The number of nitriles is 1. The molecule has 3 unspecified atom stereocenters. The number of rotatable bonds is 5. The van der Waals surface area contributed by atoms with Crippen molar-refractivity contribution in [1.82, 2.24) is 5.32 Å². The number of hydrogen-bond donors (Lipinski definition) is 1. The van der Waals surface area contributed by atoms with Crippen LogP contribution in [0.5, 0.6) is 0 Å². The van der Waals surface area contributed by atoms with Gasteiger partial charge >= 0.3 is 0 Å². The van der Waals surface area contributed by atoms with Crippen LogP contribution in [0.25, 0.3) is 0 Å². The van der Waals surface area contributed by atoms with Crippen molar-refractivity contribution < 1.29 is 9.47 Å². The summed E-state index contributed by atoms with van der Waals surface area (Å²) in [7, 11) is 0.